The summed E-state index contributed by atoms with van der Waals surface area (Å²) < 4.78 is 1.67. The smallest absolute Gasteiger partial charge is 0.423 e. The van der Waals surface area contributed by atoms with Crippen molar-refractivity contribution in [3.63, 3.8) is 0 Å². The summed E-state index contributed by atoms with van der Waals surface area (Å²) in [6, 6.07) is 54.3. The van der Waals surface area contributed by atoms with Crippen molar-refractivity contribution in [1.29, 1.82) is 0 Å². The zero-order chi connectivity index (χ0) is 37.7. The summed E-state index contributed by atoms with van der Waals surface area (Å²) in [6.07, 6.45) is 0. The summed E-state index contributed by atoms with van der Waals surface area (Å²) in [5, 5.41) is 17.7. The SMILES string of the molecule is Brc1ccccc1-c1nc(-c2ccccc2)nc(-c2ccccc2)n1.Clc1nc(-c2ccccc2)nc(-c2ccccc2)n1.OB(O)c1ccccc1Br. The summed E-state index contributed by atoms with van der Waals surface area (Å²) in [5.74, 6) is 3.15. The molecule has 8 nitrogen and oxygen atoms in total. The van der Waals surface area contributed by atoms with Crippen molar-refractivity contribution in [3.05, 3.63) is 184 Å². The maximum atomic E-state index is 8.73. The predicted molar refractivity (Wildman–Crippen MR) is 224 cm³/mol. The lowest BCUT2D eigenvalue weighted by Gasteiger charge is -2.09. The van der Waals surface area contributed by atoms with Crippen LogP contribution >= 0.6 is 43.5 Å². The van der Waals surface area contributed by atoms with Crippen LogP contribution in [0.2, 0.25) is 5.28 Å². The van der Waals surface area contributed by atoms with Gasteiger partial charge in [-0.15, -0.1) is 0 Å². The second-order valence-corrected chi connectivity index (χ2v) is 13.4. The molecule has 2 heterocycles. The Bertz CT molecular complexity index is 2300. The first kappa shape index (κ1) is 38.3. The van der Waals surface area contributed by atoms with Crippen LogP contribution in [0.4, 0.5) is 0 Å². The first-order valence-corrected chi connectivity index (χ1v) is 18.6. The third-order valence-electron chi connectivity index (χ3n) is 7.67. The summed E-state index contributed by atoms with van der Waals surface area (Å²) in [6.45, 7) is 0. The Morgan fingerprint density at radius 3 is 1.04 bits per heavy atom. The predicted octanol–water partition coefficient (Wildman–Crippen LogP) is 9.62. The van der Waals surface area contributed by atoms with Crippen molar-refractivity contribution in [2.75, 3.05) is 0 Å². The zero-order valence-corrected chi connectivity index (χ0v) is 32.4. The lowest BCUT2D eigenvalue weighted by molar-refractivity contribution is 0.425. The van der Waals surface area contributed by atoms with Crippen molar-refractivity contribution < 1.29 is 10.0 Å². The van der Waals surface area contributed by atoms with E-state index in [2.05, 4.69) is 46.8 Å². The average Bonchev–Trinajstić information content (AvgIpc) is 3.22. The van der Waals surface area contributed by atoms with E-state index in [0.29, 0.717) is 39.1 Å². The number of halogens is 3. The van der Waals surface area contributed by atoms with Gasteiger partial charge >= 0.3 is 7.12 Å². The van der Waals surface area contributed by atoms with Crippen molar-refractivity contribution in [2.24, 2.45) is 0 Å². The molecule has 0 aliphatic carbocycles. The molecule has 0 unspecified atom stereocenters. The van der Waals surface area contributed by atoms with E-state index < -0.39 is 7.12 Å². The number of rotatable bonds is 6. The van der Waals surface area contributed by atoms with Gasteiger partial charge in [-0.1, -0.05) is 190 Å². The second-order valence-electron chi connectivity index (χ2n) is 11.4. The number of hydrogen-bond donors (Lipinski definition) is 2. The fourth-order valence-electron chi connectivity index (χ4n) is 5.04. The number of aromatic nitrogens is 6. The van der Waals surface area contributed by atoms with Gasteiger partial charge in [-0.05, 0) is 29.2 Å². The van der Waals surface area contributed by atoms with Gasteiger partial charge in [-0.3, -0.25) is 0 Å². The molecule has 8 rings (SSSR count). The van der Waals surface area contributed by atoms with Gasteiger partial charge in [-0.25, -0.2) is 19.9 Å². The third kappa shape index (κ3) is 10.4. The van der Waals surface area contributed by atoms with Crippen LogP contribution in [0.25, 0.3) is 56.9 Å². The highest BCUT2D eigenvalue weighted by atomic mass is 79.9. The molecule has 8 aromatic rings. The molecule has 0 atom stereocenters. The van der Waals surface area contributed by atoms with Gasteiger partial charge in [0, 0.05) is 36.8 Å². The van der Waals surface area contributed by atoms with E-state index in [4.69, 9.17) is 36.6 Å². The average molecular weight is 857 g/mol. The number of nitrogens with zero attached hydrogens (tertiary/aromatic N) is 6. The van der Waals surface area contributed by atoms with Crippen LogP contribution in [0, 0.1) is 0 Å². The highest BCUT2D eigenvalue weighted by molar-refractivity contribution is 9.11. The molecule has 0 aliphatic heterocycles. The Morgan fingerprint density at radius 1 is 0.370 bits per heavy atom. The molecule has 0 amide bonds. The molecule has 2 aromatic heterocycles. The second kappa shape index (κ2) is 19.1. The quantitative estimate of drug-likeness (QED) is 0.159. The molecule has 6 aromatic carbocycles. The van der Waals surface area contributed by atoms with Crippen molar-refractivity contribution >= 4 is 56.0 Å². The van der Waals surface area contributed by atoms with E-state index in [1.54, 1.807) is 18.2 Å². The monoisotopic (exact) mass is 854 g/mol. The Hall–Kier alpha value is -5.43. The minimum atomic E-state index is -1.39. The van der Waals surface area contributed by atoms with Crippen LogP contribution in [0.1, 0.15) is 0 Å². The van der Waals surface area contributed by atoms with E-state index in [1.165, 1.54) is 0 Å². The minimum Gasteiger partial charge on any atom is -0.423 e. The number of benzene rings is 6. The summed E-state index contributed by atoms with van der Waals surface area (Å²) >= 11 is 12.8. The molecular weight excluding hydrogens is 827 g/mol. The van der Waals surface area contributed by atoms with Crippen molar-refractivity contribution in [2.45, 2.75) is 0 Å². The highest BCUT2D eigenvalue weighted by Gasteiger charge is 2.14. The summed E-state index contributed by atoms with van der Waals surface area (Å²) in [7, 11) is -1.39. The molecule has 54 heavy (non-hydrogen) atoms. The van der Waals surface area contributed by atoms with Crippen molar-refractivity contribution in [3.8, 4) is 56.9 Å². The van der Waals surface area contributed by atoms with Gasteiger partial charge in [0.2, 0.25) is 5.28 Å². The molecule has 0 aliphatic rings. The molecular formula is C42H30BBr2ClN6O2. The Morgan fingerprint density at radius 2 is 0.685 bits per heavy atom. The van der Waals surface area contributed by atoms with E-state index in [0.717, 1.165) is 32.3 Å². The molecule has 0 fully saturated rings. The molecule has 264 valence electrons. The van der Waals surface area contributed by atoms with Gasteiger partial charge in [-0.2, -0.15) is 9.97 Å². The minimum absolute atomic E-state index is 0.202. The zero-order valence-electron chi connectivity index (χ0n) is 28.5. The van der Waals surface area contributed by atoms with E-state index in [1.807, 2.05) is 152 Å². The maximum absolute atomic E-state index is 8.73. The highest BCUT2D eigenvalue weighted by Crippen LogP contribution is 2.29. The summed E-state index contributed by atoms with van der Waals surface area (Å²) in [5.41, 5.74) is 5.21. The topological polar surface area (TPSA) is 118 Å². The van der Waals surface area contributed by atoms with Gasteiger partial charge in [0.15, 0.2) is 29.1 Å². The van der Waals surface area contributed by atoms with Crippen LogP contribution < -0.4 is 5.46 Å². The lowest BCUT2D eigenvalue weighted by Crippen LogP contribution is -2.30. The third-order valence-corrected chi connectivity index (χ3v) is 9.25. The Balaban J connectivity index is 0.000000151. The first-order valence-electron chi connectivity index (χ1n) is 16.6. The molecule has 0 saturated heterocycles. The first-order chi connectivity index (χ1) is 26.4. The molecule has 0 saturated carbocycles. The van der Waals surface area contributed by atoms with E-state index in [-0.39, 0.29) is 5.28 Å². The fraction of sp³-hybridized carbons (Fsp3) is 0. The normalized spacial score (nSPS) is 10.3. The van der Waals surface area contributed by atoms with Gasteiger partial charge in [0.1, 0.15) is 0 Å². The molecule has 0 spiro atoms. The molecule has 0 radical (unpaired) electrons. The van der Waals surface area contributed by atoms with Crippen molar-refractivity contribution in [1.82, 2.24) is 29.9 Å². The Kier molecular flexibility index (Phi) is 13.5. The maximum Gasteiger partial charge on any atom is 0.489 e. The van der Waals surface area contributed by atoms with Gasteiger partial charge < -0.3 is 10.0 Å². The van der Waals surface area contributed by atoms with E-state index >= 15 is 0 Å². The van der Waals surface area contributed by atoms with Crippen LogP contribution in [0.5, 0.6) is 0 Å². The lowest BCUT2D eigenvalue weighted by atomic mass is 9.80. The fourth-order valence-corrected chi connectivity index (χ4v) is 6.15. The van der Waals surface area contributed by atoms with Crippen LogP contribution in [-0.4, -0.2) is 47.1 Å². The van der Waals surface area contributed by atoms with Crippen LogP contribution in [-0.2, 0) is 0 Å². The largest absolute Gasteiger partial charge is 0.489 e. The van der Waals surface area contributed by atoms with Crippen LogP contribution in [0.3, 0.4) is 0 Å². The van der Waals surface area contributed by atoms with E-state index in [9.17, 15) is 0 Å². The molecule has 0 bridgehead atoms. The molecule has 2 N–H and O–H groups in total. The Labute approximate surface area is 335 Å². The number of hydrogen-bond acceptors (Lipinski definition) is 8. The summed E-state index contributed by atoms with van der Waals surface area (Å²) in [4.78, 5) is 26.9. The standard InChI is InChI=1S/C21H14BrN3.C15H10ClN3.C6H6BBrO2/c22-18-14-8-7-13-17(18)21-24-19(15-9-3-1-4-10-15)23-20(25-21)16-11-5-2-6-12-16;16-15-18-13(11-7-3-1-4-8-11)17-14(19-15)12-9-5-2-6-10-12;8-6-4-2-1-3-5(6)7(9)10/h1-14H;1-10H;1-4,9-10H. The van der Waals surface area contributed by atoms with Gasteiger partial charge in [0.25, 0.3) is 0 Å². The van der Waals surface area contributed by atoms with Crippen LogP contribution in [0.15, 0.2) is 179 Å². The van der Waals surface area contributed by atoms with Gasteiger partial charge in [0.05, 0.1) is 0 Å². The molecule has 12 heteroatoms.